The lowest BCUT2D eigenvalue weighted by Gasteiger charge is -2.27. The van der Waals surface area contributed by atoms with Gasteiger partial charge in [-0.15, -0.1) is 0 Å². The molecule has 0 atom stereocenters. The van der Waals surface area contributed by atoms with Gasteiger partial charge in [0.1, 0.15) is 11.4 Å². The number of halogens is 1. The Kier molecular flexibility index (Phi) is 8.56. The number of pyridine rings is 1. The van der Waals surface area contributed by atoms with E-state index < -0.39 is 11.7 Å². The summed E-state index contributed by atoms with van der Waals surface area (Å²) in [6, 6.07) is 19.2. The van der Waals surface area contributed by atoms with Crippen molar-refractivity contribution in [3.8, 4) is 0 Å². The van der Waals surface area contributed by atoms with E-state index in [0.717, 1.165) is 41.7 Å². The molecule has 0 saturated heterocycles. The van der Waals surface area contributed by atoms with Crippen molar-refractivity contribution in [2.75, 3.05) is 16.8 Å². The third kappa shape index (κ3) is 7.28. The van der Waals surface area contributed by atoms with Gasteiger partial charge in [0.25, 0.3) is 5.91 Å². The minimum atomic E-state index is -0.635. The SMILES string of the molecule is CC(C)(C)OC(=O)N(CCc1ccccn1)c1ccc(NC(=O)C2=C(c3ccc(F)cc3)CCCC2)cc1. The number of allylic oxidation sites excluding steroid dienone is 1. The van der Waals surface area contributed by atoms with Gasteiger partial charge in [0.2, 0.25) is 0 Å². The Morgan fingerprint density at radius 3 is 2.34 bits per heavy atom. The quantitative estimate of drug-likeness (QED) is 0.362. The molecule has 2 amide bonds. The summed E-state index contributed by atoms with van der Waals surface area (Å²) in [6.45, 7) is 5.90. The molecule has 2 aromatic carbocycles. The molecule has 1 aliphatic rings. The summed E-state index contributed by atoms with van der Waals surface area (Å²) >= 11 is 0. The van der Waals surface area contributed by atoms with E-state index >= 15 is 0 Å². The van der Waals surface area contributed by atoms with Gasteiger partial charge in [-0.05, 0) is 106 Å². The summed E-state index contributed by atoms with van der Waals surface area (Å²) in [7, 11) is 0. The molecule has 1 aromatic heterocycles. The molecule has 6 nitrogen and oxygen atoms in total. The lowest BCUT2D eigenvalue weighted by Crippen LogP contribution is -2.38. The average molecular weight is 516 g/mol. The smallest absolute Gasteiger partial charge is 0.414 e. The third-order valence-corrected chi connectivity index (χ3v) is 6.30. The standard InChI is InChI=1S/C31H34FN3O3/c1-31(2,3)38-30(37)35(21-19-24-8-6-7-20-33-24)26-17-15-25(16-18-26)34-29(36)28-10-5-4-9-27(28)22-11-13-23(32)14-12-22/h6-8,11-18,20H,4-5,9-10,19,21H2,1-3H3,(H,34,36). The van der Waals surface area contributed by atoms with Gasteiger partial charge in [-0.1, -0.05) is 18.2 Å². The van der Waals surface area contributed by atoms with Crippen molar-refractivity contribution in [3.05, 3.63) is 95.6 Å². The zero-order chi connectivity index (χ0) is 27.1. The topological polar surface area (TPSA) is 71.5 Å². The highest BCUT2D eigenvalue weighted by Crippen LogP contribution is 2.33. The lowest BCUT2D eigenvalue weighted by molar-refractivity contribution is -0.113. The van der Waals surface area contributed by atoms with E-state index in [2.05, 4.69) is 10.3 Å². The first kappa shape index (κ1) is 27.0. The van der Waals surface area contributed by atoms with Crippen molar-refractivity contribution in [2.45, 2.75) is 58.5 Å². The predicted molar refractivity (Wildman–Crippen MR) is 148 cm³/mol. The normalized spacial score (nSPS) is 13.7. The molecule has 3 aromatic rings. The number of nitrogens with zero attached hydrogens (tertiary/aromatic N) is 2. The maximum absolute atomic E-state index is 13.4. The number of anilines is 2. The molecule has 1 N–H and O–H groups in total. The van der Waals surface area contributed by atoms with Crippen LogP contribution >= 0.6 is 0 Å². The van der Waals surface area contributed by atoms with E-state index in [4.69, 9.17) is 4.74 Å². The van der Waals surface area contributed by atoms with Gasteiger partial charge in [0.15, 0.2) is 0 Å². The van der Waals surface area contributed by atoms with Crippen LogP contribution in [-0.2, 0) is 16.0 Å². The zero-order valence-corrected chi connectivity index (χ0v) is 22.2. The molecule has 0 unspecified atom stereocenters. The van der Waals surface area contributed by atoms with Crippen LogP contribution in [-0.4, -0.2) is 29.1 Å². The van der Waals surface area contributed by atoms with Crippen molar-refractivity contribution in [1.82, 2.24) is 4.98 Å². The molecule has 0 aliphatic heterocycles. The van der Waals surface area contributed by atoms with Crippen LogP contribution in [0.4, 0.5) is 20.6 Å². The number of amides is 2. The van der Waals surface area contributed by atoms with Crippen molar-refractivity contribution < 1.29 is 18.7 Å². The summed E-state index contributed by atoms with van der Waals surface area (Å²) in [5.74, 6) is -0.451. The predicted octanol–water partition coefficient (Wildman–Crippen LogP) is 7.17. The van der Waals surface area contributed by atoms with Crippen molar-refractivity contribution in [2.24, 2.45) is 0 Å². The summed E-state index contributed by atoms with van der Waals surface area (Å²) in [4.78, 5) is 32.2. The molecule has 0 bridgehead atoms. The first-order valence-corrected chi connectivity index (χ1v) is 13.0. The minimum Gasteiger partial charge on any atom is -0.443 e. The maximum atomic E-state index is 13.4. The van der Waals surface area contributed by atoms with Gasteiger partial charge < -0.3 is 10.1 Å². The molecule has 1 heterocycles. The van der Waals surface area contributed by atoms with Gasteiger partial charge in [-0.3, -0.25) is 14.7 Å². The summed E-state index contributed by atoms with van der Waals surface area (Å²) < 4.78 is 19.1. The monoisotopic (exact) mass is 515 g/mol. The molecular formula is C31H34FN3O3. The number of hydrogen-bond acceptors (Lipinski definition) is 4. The Balaban J connectivity index is 1.51. The van der Waals surface area contributed by atoms with E-state index in [1.165, 1.54) is 12.1 Å². The number of carbonyl (C=O) groups is 2. The number of aromatic nitrogens is 1. The van der Waals surface area contributed by atoms with Crippen LogP contribution in [0.3, 0.4) is 0 Å². The molecule has 38 heavy (non-hydrogen) atoms. The number of carbonyl (C=O) groups excluding carboxylic acids is 2. The second-order valence-corrected chi connectivity index (χ2v) is 10.4. The van der Waals surface area contributed by atoms with Crippen LogP contribution in [0.5, 0.6) is 0 Å². The Hall–Kier alpha value is -4.00. The zero-order valence-electron chi connectivity index (χ0n) is 22.2. The van der Waals surface area contributed by atoms with Crippen LogP contribution in [0.25, 0.3) is 5.57 Å². The molecule has 1 aliphatic carbocycles. The van der Waals surface area contributed by atoms with E-state index in [-0.39, 0.29) is 11.7 Å². The number of ether oxygens (including phenoxy) is 1. The van der Waals surface area contributed by atoms with Crippen molar-refractivity contribution in [3.63, 3.8) is 0 Å². The Morgan fingerprint density at radius 2 is 1.68 bits per heavy atom. The first-order valence-electron chi connectivity index (χ1n) is 13.0. The molecular weight excluding hydrogens is 481 g/mol. The molecule has 0 radical (unpaired) electrons. The molecule has 0 fully saturated rings. The second kappa shape index (κ2) is 12.0. The number of hydrogen-bond donors (Lipinski definition) is 1. The van der Waals surface area contributed by atoms with Crippen molar-refractivity contribution in [1.29, 1.82) is 0 Å². The fourth-order valence-corrected chi connectivity index (χ4v) is 4.47. The van der Waals surface area contributed by atoms with Gasteiger partial charge in [-0.25, -0.2) is 9.18 Å². The van der Waals surface area contributed by atoms with Crippen LogP contribution < -0.4 is 10.2 Å². The lowest BCUT2D eigenvalue weighted by atomic mass is 9.87. The Morgan fingerprint density at radius 1 is 0.974 bits per heavy atom. The molecule has 0 saturated carbocycles. The summed E-state index contributed by atoms with van der Waals surface area (Å²) in [5.41, 5.74) is 4.12. The van der Waals surface area contributed by atoms with Gasteiger partial charge in [0.05, 0.1) is 0 Å². The second-order valence-electron chi connectivity index (χ2n) is 10.4. The summed E-state index contributed by atoms with van der Waals surface area (Å²) in [5, 5.41) is 3.00. The highest BCUT2D eigenvalue weighted by molar-refractivity contribution is 6.09. The van der Waals surface area contributed by atoms with Crippen LogP contribution in [0.1, 0.15) is 57.7 Å². The van der Waals surface area contributed by atoms with Crippen LogP contribution in [0, 0.1) is 5.82 Å². The maximum Gasteiger partial charge on any atom is 0.414 e. The fourth-order valence-electron chi connectivity index (χ4n) is 4.47. The van der Waals surface area contributed by atoms with Crippen LogP contribution in [0.15, 0.2) is 78.5 Å². The molecule has 198 valence electrons. The average Bonchev–Trinajstić information content (AvgIpc) is 2.90. The highest BCUT2D eigenvalue weighted by Gasteiger charge is 2.24. The molecule has 0 spiro atoms. The number of rotatable bonds is 7. The van der Waals surface area contributed by atoms with Gasteiger partial charge in [-0.2, -0.15) is 0 Å². The van der Waals surface area contributed by atoms with E-state index in [9.17, 15) is 14.0 Å². The third-order valence-electron chi connectivity index (χ3n) is 6.30. The Labute approximate surface area is 223 Å². The van der Waals surface area contributed by atoms with Crippen molar-refractivity contribution >= 4 is 28.9 Å². The summed E-state index contributed by atoms with van der Waals surface area (Å²) in [6.07, 6.45) is 5.25. The van der Waals surface area contributed by atoms with Crippen LogP contribution in [0.2, 0.25) is 0 Å². The van der Waals surface area contributed by atoms with Gasteiger partial charge >= 0.3 is 6.09 Å². The Bertz CT molecular complexity index is 1280. The van der Waals surface area contributed by atoms with E-state index in [0.29, 0.717) is 30.8 Å². The van der Waals surface area contributed by atoms with E-state index in [1.807, 2.05) is 39.0 Å². The minimum absolute atomic E-state index is 0.157. The first-order chi connectivity index (χ1) is 18.2. The highest BCUT2D eigenvalue weighted by atomic mass is 19.1. The largest absolute Gasteiger partial charge is 0.443 e. The van der Waals surface area contributed by atoms with E-state index in [1.54, 1.807) is 47.5 Å². The van der Waals surface area contributed by atoms with Gasteiger partial charge in [0, 0.05) is 41.8 Å². The number of nitrogens with one attached hydrogen (secondary N) is 1. The number of benzene rings is 2. The molecule has 4 rings (SSSR count). The fraction of sp³-hybridized carbons (Fsp3) is 0.323. The molecule has 7 heteroatoms.